The van der Waals surface area contributed by atoms with Crippen molar-refractivity contribution < 1.29 is 33.4 Å². The van der Waals surface area contributed by atoms with E-state index in [2.05, 4.69) is 5.32 Å². The molecule has 8 nitrogen and oxygen atoms in total. The highest BCUT2D eigenvalue weighted by atomic mass is 35.5. The van der Waals surface area contributed by atoms with Crippen molar-refractivity contribution in [2.45, 2.75) is 13.0 Å². The van der Waals surface area contributed by atoms with Crippen molar-refractivity contribution in [3.63, 3.8) is 0 Å². The highest BCUT2D eigenvalue weighted by Gasteiger charge is 2.48. The van der Waals surface area contributed by atoms with Gasteiger partial charge in [0.2, 0.25) is 5.91 Å². The number of ether oxygens (including phenoxy) is 1. The number of aliphatic hydroxyl groups excluding tert-OH is 1. The first-order valence-corrected chi connectivity index (χ1v) is 13.1. The van der Waals surface area contributed by atoms with E-state index in [-0.39, 0.29) is 49.7 Å². The van der Waals surface area contributed by atoms with Gasteiger partial charge in [0, 0.05) is 23.4 Å². The summed E-state index contributed by atoms with van der Waals surface area (Å²) in [7, 11) is 0. The van der Waals surface area contributed by atoms with Gasteiger partial charge in [0.05, 0.1) is 39.0 Å². The number of halogens is 4. The van der Waals surface area contributed by atoms with Crippen molar-refractivity contribution in [3.05, 3.63) is 110 Å². The van der Waals surface area contributed by atoms with Crippen LogP contribution in [0.15, 0.2) is 78.4 Å². The van der Waals surface area contributed by atoms with Gasteiger partial charge in [-0.1, -0.05) is 59.1 Å². The fourth-order valence-corrected chi connectivity index (χ4v) is 4.65. The Labute approximate surface area is 248 Å². The van der Waals surface area contributed by atoms with Crippen molar-refractivity contribution in [2.75, 3.05) is 16.8 Å². The van der Waals surface area contributed by atoms with Crippen molar-refractivity contribution in [3.8, 4) is 0 Å². The van der Waals surface area contributed by atoms with Gasteiger partial charge in [0.1, 0.15) is 5.76 Å². The lowest BCUT2D eigenvalue weighted by Crippen LogP contribution is -2.30. The maximum atomic E-state index is 15.1. The molecule has 0 spiro atoms. The number of nitrogens with zero attached hydrogens (tertiary/aromatic N) is 1. The van der Waals surface area contributed by atoms with Gasteiger partial charge in [-0.05, 0) is 48.9 Å². The minimum absolute atomic E-state index is 0.0619. The van der Waals surface area contributed by atoms with Crippen molar-refractivity contribution in [1.29, 1.82) is 0 Å². The topological polar surface area (TPSA) is 113 Å². The van der Waals surface area contributed by atoms with Crippen LogP contribution in [0.3, 0.4) is 0 Å². The third-order valence-electron chi connectivity index (χ3n) is 5.96. The third-order valence-corrected chi connectivity index (χ3v) is 6.99. The minimum atomic E-state index is -1.32. The van der Waals surface area contributed by atoms with E-state index in [0.29, 0.717) is 0 Å². The molecule has 1 fully saturated rings. The van der Waals surface area contributed by atoms with Crippen molar-refractivity contribution in [1.82, 2.24) is 0 Å². The molecular formula is C29H20Cl3FN2O6. The standard InChI is InChI=1S/C29H20Cl3FN2O6/c1-2-41-23(37)12-11-22(36)34-17-6-3-5-16(13-17)27(38)24-26(15-9-10-18(30)20(32)14-15)35(29(40)28(24)39)21-8-4-7-19(31)25(21)33/h3-14,26,38H,2H2,1H3,(H,34,36)/b12-11+,27-24?. The van der Waals surface area contributed by atoms with Crippen LogP contribution in [0.1, 0.15) is 24.1 Å². The fourth-order valence-electron chi connectivity index (χ4n) is 4.18. The molecule has 1 aliphatic heterocycles. The van der Waals surface area contributed by atoms with Gasteiger partial charge in [-0.15, -0.1) is 0 Å². The van der Waals surface area contributed by atoms with Gasteiger partial charge in [-0.2, -0.15) is 0 Å². The molecule has 41 heavy (non-hydrogen) atoms. The Bertz CT molecular complexity index is 1640. The lowest BCUT2D eigenvalue weighted by atomic mass is 9.95. The van der Waals surface area contributed by atoms with Crippen LogP contribution in [0.2, 0.25) is 15.1 Å². The van der Waals surface area contributed by atoms with Crippen LogP contribution in [-0.4, -0.2) is 35.3 Å². The molecule has 0 radical (unpaired) electrons. The number of ketones is 1. The van der Waals surface area contributed by atoms with Crippen LogP contribution < -0.4 is 10.2 Å². The van der Waals surface area contributed by atoms with Gasteiger partial charge >= 0.3 is 5.97 Å². The minimum Gasteiger partial charge on any atom is -0.507 e. The van der Waals surface area contributed by atoms with E-state index in [9.17, 15) is 24.3 Å². The van der Waals surface area contributed by atoms with Crippen molar-refractivity contribution >= 4 is 75.5 Å². The summed E-state index contributed by atoms with van der Waals surface area (Å²) in [5.74, 6) is -5.10. The highest BCUT2D eigenvalue weighted by Crippen LogP contribution is 2.44. The summed E-state index contributed by atoms with van der Waals surface area (Å²) in [5.41, 5.74) is -0.129. The average Bonchev–Trinajstić information content (AvgIpc) is 3.20. The molecule has 1 saturated heterocycles. The van der Waals surface area contributed by atoms with Gasteiger partial charge in [-0.25, -0.2) is 9.18 Å². The largest absolute Gasteiger partial charge is 0.507 e. The molecule has 1 unspecified atom stereocenters. The summed E-state index contributed by atoms with van der Waals surface area (Å²) in [5, 5.41) is 13.9. The molecule has 1 atom stereocenters. The molecule has 3 aromatic carbocycles. The number of hydrogen-bond acceptors (Lipinski definition) is 6. The van der Waals surface area contributed by atoms with E-state index in [4.69, 9.17) is 39.5 Å². The number of aliphatic hydroxyl groups is 1. The zero-order valence-electron chi connectivity index (χ0n) is 21.2. The van der Waals surface area contributed by atoms with E-state index in [0.717, 1.165) is 17.1 Å². The highest BCUT2D eigenvalue weighted by molar-refractivity contribution is 6.52. The molecule has 0 aliphatic carbocycles. The summed E-state index contributed by atoms with van der Waals surface area (Å²) in [6.45, 7) is 1.77. The second kappa shape index (κ2) is 12.6. The Balaban J connectivity index is 1.81. The predicted octanol–water partition coefficient (Wildman–Crippen LogP) is 6.47. The number of carbonyl (C=O) groups is 4. The summed E-state index contributed by atoms with van der Waals surface area (Å²) < 4.78 is 19.9. The van der Waals surface area contributed by atoms with E-state index >= 15 is 4.39 Å². The Morgan fingerprint density at radius 1 is 1.00 bits per heavy atom. The lowest BCUT2D eigenvalue weighted by molar-refractivity contribution is -0.137. The monoisotopic (exact) mass is 616 g/mol. The van der Waals surface area contributed by atoms with Gasteiger partial charge in [-0.3, -0.25) is 19.3 Å². The van der Waals surface area contributed by atoms with Crippen LogP contribution in [0.4, 0.5) is 15.8 Å². The number of anilines is 2. The molecular weight excluding hydrogens is 598 g/mol. The first kappa shape index (κ1) is 29.8. The number of Topliss-reactive ketones (excluding diaryl/α,β-unsaturated/α-hetero) is 1. The van der Waals surface area contributed by atoms with Crippen LogP contribution in [-0.2, 0) is 23.9 Å². The van der Waals surface area contributed by atoms with E-state index in [1.165, 1.54) is 60.7 Å². The molecule has 2 amide bonds. The smallest absolute Gasteiger partial charge is 0.330 e. The lowest BCUT2D eigenvalue weighted by Gasteiger charge is -2.26. The summed E-state index contributed by atoms with van der Waals surface area (Å²) in [4.78, 5) is 51.3. The number of amides is 2. The summed E-state index contributed by atoms with van der Waals surface area (Å²) in [6, 6.07) is 12.8. The van der Waals surface area contributed by atoms with Crippen LogP contribution >= 0.6 is 34.8 Å². The van der Waals surface area contributed by atoms with Crippen LogP contribution in [0, 0.1) is 5.82 Å². The van der Waals surface area contributed by atoms with Crippen LogP contribution in [0.5, 0.6) is 0 Å². The SMILES string of the molecule is CCOC(=O)/C=C/C(=O)Nc1cccc(C(O)=C2C(=O)C(=O)N(c3cccc(Cl)c3F)C2c2ccc(Cl)c(Cl)c2)c1. The molecule has 1 heterocycles. The Morgan fingerprint density at radius 3 is 2.44 bits per heavy atom. The number of carbonyl (C=O) groups excluding carboxylic acids is 4. The first-order chi connectivity index (χ1) is 19.5. The molecule has 12 heteroatoms. The maximum Gasteiger partial charge on any atom is 0.330 e. The van der Waals surface area contributed by atoms with E-state index in [1.54, 1.807) is 6.92 Å². The van der Waals surface area contributed by atoms with Crippen molar-refractivity contribution in [2.24, 2.45) is 0 Å². The Morgan fingerprint density at radius 2 is 1.73 bits per heavy atom. The molecule has 3 aromatic rings. The second-order valence-corrected chi connectivity index (χ2v) is 9.79. The quantitative estimate of drug-likeness (QED) is 0.136. The summed E-state index contributed by atoms with van der Waals surface area (Å²) >= 11 is 18.3. The number of benzene rings is 3. The normalized spacial score (nSPS) is 16.3. The summed E-state index contributed by atoms with van der Waals surface area (Å²) in [6.07, 6.45) is 1.93. The average molecular weight is 618 g/mol. The predicted molar refractivity (Wildman–Crippen MR) is 153 cm³/mol. The second-order valence-electron chi connectivity index (χ2n) is 8.57. The Hall–Kier alpha value is -4.18. The Kier molecular flexibility index (Phi) is 9.12. The molecule has 210 valence electrons. The molecule has 1 aliphatic rings. The van der Waals surface area contributed by atoms with E-state index < -0.39 is 41.2 Å². The zero-order valence-corrected chi connectivity index (χ0v) is 23.4. The zero-order chi connectivity index (χ0) is 29.8. The molecule has 0 bridgehead atoms. The number of nitrogens with one attached hydrogen (secondary N) is 1. The van der Waals surface area contributed by atoms with E-state index in [1.807, 2.05) is 0 Å². The molecule has 2 N–H and O–H groups in total. The maximum absolute atomic E-state index is 15.1. The molecule has 0 saturated carbocycles. The third kappa shape index (κ3) is 6.27. The number of esters is 1. The van der Waals surface area contributed by atoms with Crippen LogP contribution in [0.25, 0.3) is 5.76 Å². The van der Waals surface area contributed by atoms with Gasteiger partial charge in [0.15, 0.2) is 5.82 Å². The fraction of sp³-hybridized carbons (Fsp3) is 0.103. The molecule has 4 rings (SSSR count). The first-order valence-electron chi connectivity index (χ1n) is 12.0. The number of hydrogen-bond donors (Lipinski definition) is 2. The van der Waals surface area contributed by atoms with Gasteiger partial charge in [0.25, 0.3) is 11.7 Å². The number of rotatable bonds is 7. The molecule has 0 aromatic heterocycles. The van der Waals surface area contributed by atoms with Gasteiger partial charge < -0.3 is 15.2 Å².